The molecular weight excluding hydrogens is 909 g/mol. The number of rotatable bonds is 16. The quantitative estimate of drug-likeness (QED) is 0.0806. The van der Waals surface area contributed by atoms with Gasteiger partial charge in [-0.1, -0.05) is 43.2 Å². The molecule has 0 bridgehead atoms. The van der Waals surface area contributed by atoms with Crippen LogP contribution in [-0.2, 0) is 0 Å². The van der Waals surface area contributed by atoms with E-state index in [2.05, 4.69) is 100 Å². The molecule has 2 amide bonds. The molecule has 2 aromatic carbocycles. The third-order valence-electron chi connectivity index (χ3n) is 16.2. The van der Waals surface area contributed by atoms with Crippen LogP contribution in [0.5, 0.6) is 0 Å². The maximum Gasteiger partial charge on any atom is 0.259 e. The Morgan fingerprint density at radius 1 is 0.786 bits per heavy atom. The number of carbonyl (C=O) groups is 2. The Hall–Kier alpha value is -4.59. The van der Waals surface area contributed by atoms with Gasteiger partial charge in [-0.15, -0.1) is 11.8 Å². The normalized spacial score (nSPS) is 21.3. The molecule has 4 heterocycles. The molecular formula is C57H76N8O3S2. The van der Waals surface area contributed by atoms with Gasteiger partial charge in [-0.2, -0.15) is 10.5 Å². The van der Waals surface area contributed by atoms with Crippen molar-refractivity contribution in [3.05, 3.63) is 83.9 Å². The second kappa shape index (κ2) is 20.9. The van der Waals surface area contributed by atoms with E-state index in [9.17, 15) is 14.7 Å². The Labute approximate surface area is 423 Å². The Kier molecular flexibility index (Phi) is 14.6. The Bertz CT molecular complexity index is 2540. The average molecular weight is 985 g/mol. The van der Waals surface area contributed by atoms with E-state index < -0.39 is 0 Å². The van der Waals surface area contributed by atoms with Gasteiger partial charge in [0.1, 0.15) is 23.3 Å². The first-order valence-corrected chi connectivity index (χ1v) is 28.8. The molecule has 2 atom stereocenters. The molecule has 2 spiro atoms. The first kappa shape index (κ1) is 49.0. The highest BCUT2D eigenvalue weighted by Crippen LogP contribution is 2.58. The highest BCUT2D eigenvalue weighted by molar-refractivity contribution is 8.15. The highest BCUT2D eigenvalue weighted by atomic mass is 32.2. The van der Waals surface area contributed by atoms with Crippen LogP contribution >= 0.6 is 22.2 Å². The molecule has 70 heavy (non-hydrogen) atoms. The second-order valence-electron chi connectivity index (χ2n) is 22.3. The zero-order chi connectivity index (χ0) is 48.5. The van der Waals surface area contributed by atoms with Gasteiger partial charge in [0.15, 0.2) is 0 Å². The standard InChI is InChI=1S/C57H76N8O3S2/c1-5-70(44-18-8-9-19-44)45-20-11-14-41(38-45)59-53(67)46-21-23-49(62-55(2,3)4)60-51(46)64-34-29-57(30-35-64)39-48(57)65(31-12-36-66)50-24-22-47(52(61-50)63-32-27-56(25-26-56)28-33-63)54(68)58-40-13-10-17-43(37-40)69-42-15-6-7-16-42/h5,10-11,13-14,17,20-24,37-38,42,44,48,66H,6-9,12,15-16,18-19,25-36,39H2,1-4H3,(H,58,68)(H,59,67)(H,60,62). The van der Waals surface area contributed by atoms with Gasteiger partial charge in [-0.05, 0) is 176 Å². The van der Waals surface area contributed by atoms with Crippen LogP contribution in [0.4, 0.5) is 34.6 Å². The van der Waals surface area contributed by atoms with Crippen molar-refractivity contribution in [1.82, 2.24) is 9.97 Å². The van der Waals surface area contributed by atoms with Crippen molar-refractivity contribution < 1.29 is 14.7 Å². The second-order valence-corrected chi connectivity index (χ2v) is 26.0. The van der Waals surface area contributed by atoms with E-state index in [-0.39, 0.29) is 45.9 Å². The Balaban J connectivity index is 0.870. The fourth-order valence-corrected chi connectivity index (χ4v) is 15.7. The minimum absolute atomic E-state index is 0.0577. The van der Waals surface area contributed by atoms with Crippen LogP contribution < -0.4 is 30.7 Å². The number of aromatic nitrogens is 2. The molecule has 2 unspecified atom stereocenters. The summed E-state index contributed by atoms with van der Waals surface area (Å²) in [4.78, 5) is 48.9. The number of aliphatic hydroxyl groups excluding tert-OH is 1. The topological polar surface area (TPSA) is 126 Å². The van der Waals surface area contributed by atoms with Crippen molar-refractivity contribution >= 4 is 74.1 Å². The fraction of sp³-hybridized carbons (Fsp3) is 0.561. The van der Waals surface area contributed by atoms with Crippen molar-refractivity contribution in [2.75, 3.05) is 70.0 Å². The van der Waals surface area contributed by atoms with Crippen molar-refractivity contribution in [1.29, 1.82) is 0 Å². The van der Waals surface area contributed by atoms with Gasteiger partial charge in [-0.25, -0.2) is 9.97 Å². The molecule has 6 fully saturated rings. The fourth-order valence-electron chi connectivity index (χ4n) is 12.0. The van der Waals surface area contributed by atoms with E-state index in [0.29, 0.717) is 45.8 Å². The van der Waals surface area contributed by atoms with Gasteiger partial charge >= 0.3 is 0 Å². The number of carbonyl (C=O) groups excluding carboxylic acids is 2. The van der Waals surface area contributed by atoms with Gasteiger partial charge in [0.05, 0.1) is 11.1 Å². The number of anilines is 6. The molecule has 0 radical (unpaired) electrons. The zero-order valence-electron chi connectivity index (χ0n) is 42.1. The summed E-state index contributed by atoms with van der Waals surface area (Å²) in [6.07, 6.45) is 18.7. The zero-order valence-corrected chi connectivity index (χ0v) is 43.7. The number of hydrogen-bond acceptors (Lipinski definition) is 10. The predicted molar refractivity (Wildman–Crippen MR) is 293 cm³/mol. The van der Waals surface area contributed by atoms with Crippen LogP contribution in [0.3, 0.4) is 0 Å². The maximum atomic E-state index is 14.4. The lowest BCUT2D eigenvalue weighted by Gasteiger charge is -2.37. The molecule has 374 valence electrons. The van der Waals surface area contributed by atoms with Crippen molar-refractivity contribution in [2.24, 2.45) is 10.8 Å². The first-order valence-electron chi connectivity index (χ1n) is 26.6. The summed E-state index contributed by atoms with van der Waals surface area (Å²) in [5, 5.41) is 24.0. The number of thioether (sulfide) groups is 1. The van der Waals surface area contributed by atoms with E-state index in [1.54, 1.807) is 0 Å². The van der Waals surface area contributed by atoms with Crippen LogP contribution in [0.15, 0.2) is 82.6 Å². The number of hydrogen-bond donors (Lipinski definition) is 4. The van der Waals surface area contributed by atoms with E-state index in [0.717, 1.165) is 87.1 Å². The monoisotopic (exact) mass is 985 g/mol. The van der Waals surface area contributed by atoms with Crippen LogP contribution in [0, 0.1) is 10.8 Å². The number of piperidine rings is 2. The van der Waals surface area contributed by atoms with Gasteiger partial charge in [0.2, 0.25) is 0 Å². The summed E-state index contributed by atoms with van der Waals surface area (Å²) >= 11 is 1.94. The molecule has 4 aliphatic carbocycles. The Morgan fingerprint density at radius 2 is 1.40 bits per heavy atom. The van der Waals surface area contributed by atoms with Crippen molar-refractivity contribution in [2.45, 2.75) is 162 Å². The summed E-state index contributed by atoms with van der Waals surface area (Å²) in [5.74, 6) is 2.85. The van der Waals surface area contributed by atoms with Crippen LogP contribution in [0.1, 0.15) is 151 Å². The molecule has 13 heteroatoms. The number of nitrogens with zero attached hydrogens (tertiary/aromatic N) is 5. The lowest BCUT2D eigenvalue weighted by molar-refractivity contribution is 0.101. The lowest BCUT2D eigenvalue weighted by Crippen LogP contribution is -2.41. The molecule has 2 aromatic heterocycles. The van der Waals surface area contributed by atoms with Gasteiger partial charge in [0.25, 0.3) is 11.8 Å². The third kappa shape index (κ3) is 11.2. The smallest absolute Gasteiger partial charge is 0.259 e. The lowest BCUT2D eigenvalue weighted by atomic mass is 9.92. The van der Waals surface area contributed by atoms with Crippen LogP contribution in [0.2, 0.25) is 0 Å². The predicted octanol–water partition coefficient (Wildman–Crippen LogP) is 12.2. The van der Waals surface area contributed by atoms with Gasteiger partial charge in [-0.3, -0.25) is 9.59 Å². The average Bonchev–Trinajstić information content (AvgIpc) is 4.04. The van der Waals surface area contributed by atoms with E-state index in [1.807, 2.05) is 48.2 Å². The van der Waals surface area contributed by atoms with E-state index >= 15 is 0 Å². The van der Waals surface area contributed by atoms with Crippen LogP contribution in [0.25, 0.3) is 0 Å². The van der Waals surface area contributed by atoms with E-state index in [1.165, 1.54) is 74.0 Å². The number of amides is 2. The highest BCUT2D eigenvalue weighted by Gasteiger charge is 2.58. The number of aliphatic hydroxyl groups is 1. The summed E-state index contributed by atoms with van der Waals surface area (Å²) < 4.78 is 0. The minimum atomic E-state index is -0.199. The molecule has 11 nitrogen and oxygen atoms in total. The molecule has 10 rings (SSSR count). The maximum absolute atomic E-state index is 14.4. The largest absolute Gasteiger partial charge is 0.396 e. The Morgan fingerprint density at radius 3 is 2.04 bits per heavy atom. The number of pyridine rings is 2. The summed E-state index contributed by atoms with van der Waals surface area (Å²) in [7, 11) is 0.0577. The van der Waals surface area contributed by atoms with Gasteiger partial charge in [0, 0.05) is 82.6 Å². The third-order valence-corrected chi connectivity index (χ3v) is 20.0. The van der Waals surface area contributed by atoms with Gasteiger partial charge < -0.3 is 35.8 Å². The van der Waals surface area contributed by atoms with Crippen molar-refractivity contribution in [3.63, 3.8) is 0 Å². The van der Waals surface area contributed by atoms with Crippen LogP contribution in [-0.4, -0.2) is 93.7 Å². The molecule has 4 aromatic rings. The molecule has 4 N–H and O–H groups in total. The van der Waals surface area contributed by atoms with Crippen molar-refractivity contribution in [3.8, 4) is 0 Å². The SMILES string of the molecule is C/C=S(/c1cccc(NC(=O)c2ccc(NC(C)(C)C)nc2N2CCC3(CC2)CC3N(CCCO)c2ccc(C(=O)Nc3cccc(SC4CCCC4)c3)c(N3CCC4(CC3)CC4)n2)c1)C1CCCC1. The summed E-state index contributed by atoms with van der Waals surface area (Å²) in [6.45, 7) is 12.7. The first-order chi connectivity index (χ1) is 33.9. The molecule has 6 aliphatic rings. The number of nitrogens with one attached hydrogen (secondary N) is 3. The summed E-state index contributed by atoms with van der Waals surface area (Å²) in [6, 6.07) is 25.0. The number of benzene rings is 2. The molecule has 2 saturated heterocycles. The molecule has 2 aliphatic heterocycles. The molecule has 4 saturated carbocycles. The minimum Gasteiger partial charge on any atom is -0.396 e. The van der Waals surface area contributed by atoms with E-state index in [4.69, 9.17) is 9.97 Å². The summed E-state index contributed by atoms with van der Waals surface area (Å²) in [5.41, 5.74) is 3.19.